The third-order valence-electron chi connectivity index (χ3n) is 2.85. The van der Waals surface area contributed by atoms with E-state index in [9.17, 15) is 5.11 Å². The number of ether oxygens (including phenoxy) is 1. The fraction of sp³-hybridized carbons (Fsp3) is 0.333. The number of aliphatic hydroxyl groups is 1. The van der Waals surface area contributed by atoms with Crippen LogP contribution in [0.25, 0.3) is 0 Å². The summed E-state index contributed by atoms with van der Waals surface area (Å²) in [5, 5.41) is 12.5. The van der Waals surface area contributed by atoms with Crippen LogP contribution in [0.3, 0.4) is 0 Å². The molecule has 0 amide bonds. The molecule has 0 saturated heterocycles. The minimum atomic E-state index is -0.283. The minimum Gasteiger partial charge on any atom is -0.438 e. The Labute approximate surface area is 118 Å². The molecule has 2 N–H and O–H groups in total. The largest absolute Gasteiger partial charge is 0.438 e. The van der Waals surface area contributed by atoms with Gasteiger partial charge in [0.15, 0.2) is 0 Å². The van der Waals surface area contributed by atoms with Gasteiger partial charge in [0.25, 0.3) is 0 Å². The van der Waals surface area contributed by atoms with Crippen LogP contribution in [0, 0.1) is 0 Å². The molecular formula is C15H19N3O2. The number of nitrogens with one attached hydrogen (secondary N) is 1. The van der Waals surface area contributed by atoms with E-state index >= 15 is 0 Å². The van der Waals surface area contributed by atoms with Crippen molar-refractivity contribution in [1.82, 2.24) is 15.3 Å². The van der Waals surface area contributed by atoms with Crippen molar-refractivity contribution in [3.05, 3.63) is 48.4 Å². The maximum absolute atomic E-state index is 9.18. The van der Waals surface area contributed by atoms with Crippen molar-refractivity contribution in [2.24, 2.45) is 0 Å². The lowest BCUT2D eigenvalue weighted by Crippen LogP contribution is -2.42. The zero-order valence-electron chi connectivity index (χ0n) is 11.7. The van der Waals surface area contributed by atoms with Gasteiger partial charge in [-0.2, -0.15) is 0 Å². The first kappa shape index (κ1) is 14.4. The number of aromatic nitrogens is 2. The third-order valence-corrected chi connectivity index (χ3v) is 2.85. The third kappa shape index (κ3) is 4.29. The van der Waals surface area contributed by atoms with E-state index in [4.69, 9.17) is 4.74 Å². The van der Waals surface area contributed by atoms with E-state index in [2.05, 4.69) is 15.3 Å². The second-order valence-electron chi connectivity index (χ2n) is 5.19. The minimum absolute atomic E-state index is 0.0981. The molecule has 5 heteroatoms. The second-order valence-corrected chi connectivity index (χ2v) is 5.19. The Morgan fingerprint density at radius 3 is 2.55 bits per heavy atom. The van der Waals surface area contributed by atoms with Crippen LogP contribution >= 0.6 is 0 Å². The molecule has 5 nitrogen and oxygen atoms in total. The maximum Gasteiger partial charge on any atom is 0.237 e. The molecule has 0 fully saturated rings. The standard InChI is InChI=1S/C15H19N3O2/c1-15(2,11-19)18-9-12-3-5-13(6-4-12)20-14-10-16-7-8-17-14/h3-8,10,18-19H,9,11H2,1-2H3. The van der Waals surface area contributed by atoms with Crippen LogP contribution in [0.2, 0.25) is 0 Å². The molecule has 0 unspecified atom stereocenters. The number of hydrogen-bond donors (Lipinski definition) is 2. The van der Waals surface area contributed by atoms with Crippen LogP contribution in [0.5, 0.6) is 11.6 Å². The SMILES string of the molecule is CC(C)(CO)NCc1ccc(Oc2cnccn2)cc1. The van der Waals surface area contributed by atoms with Crippen LogP contribution in [-0.2, 0) is 6.54 Å². The fourth-order valence-electron chi connectivity index (χ4n) is 1.53. The van der Waals surface area contributed by atoms with Gasteiger partial charge >= 0.3 is 0 Å². The molecule has 2 aromatic rings. The Morgan fingerprint density at radius 1 is 1.20 bits per heavy atom. The highest BCUT2D eigenvalue weighted by molar-refractivity contribution is 5.29. The molecule has 1 aromatic heterocycles. The molecule has 0 spiro atoms. The summed E-state index contributed by atoms with van der Waals surface area (Å²) in [4.78, 5) is 7.99. The molecule has 0 aliphatic rings. The van der Waals surface area contributed by atoms with Crippen molar-refractivity contribution in [2.45, 2.75) is 25.9 Å². The lowest BCUT2D eigenvalue weighted by atomic mass is 10.1. The van der Waals surface area contributed by atoms with Gasteiger partial charge < -0.3 is 15.2 Å². The Bertz CT molecular complexity index is 527. The Kier molecular flexibility index (Phi) is 4.65. The summed E-state index contributed by atoms with van der Waals surface area (Å²) in [6, 6.07) is 7.73. The lowest BCUT2D eigenvalue weighted by molar-refractivity contribution is 0.187. The summed E-state index contributed by atoms with van der Waals surface area (Å²) in [7, 11) is 0. The second kappa shape index (κ2) is 6.45. The number of nitrogens with zero attached hydrogens (tertiary/aromatic N) is 2. The highest BCUT2D eigenvalue weighted by Gasteiger charge is 2.14. The van der Waals surface area contributed by atoms with E-state index in [1.54, 1.807) is 18.6 Å². The number of benzene rings is 1. The molecule has 2 rings (SSSR count). The zero-order chi connectivity index (χ0) is 14.4. The van der Waals surface area contributed by atoms with Gasteiger partial charge in [-0.15, -0.1) is 0 Å². The van der Waals surface area contributed by atoms with Gasteiger partial charge in [-0.1, -0.05) is 12.1 Å². The smallest absolute Gasteiger partial charge is 0.237 e. The molecule has 0 atom stereocenters. The predicted molar refractivity (Wildman–Crippen MR) is 76.6 cm³/mol. The average molecular weight is 273 g/mol. The van der Waals surface area contributed by atoms with Crippen LogP contribution < -0.4 is 10.1 Å². The number of rotatable bonds is 6. The Hall–Kier alpha value is -1.98. The first-order valence-electron chi connectivity index (χ1n) is 6.48. The average Bonchev–Trinajstić information content (AvgIpc) is 2.48. The van der Waals surface area contributed by atoms with Crippen molar-refractivity contribution in [2.75, 3.05) is 6.61 Å². The molecule has 20 heavy (non-hydrogen) atoms. The predicted octanol–water partition coefficient (Wildman–Crippen LogP) is 2.13. The van der Waals surface area contributed by atoms with Gasteiger partial charge in [-0.05, 0) is 31.5 Å². The van der Waals surface area contributed by atoms with Crippen LogP contribution in [0.1, 0.15) is 19.4 Å². The van der Waals surface area contributed by atoms with E-state index in [-0.39, 0.29) is 12.1 Å². The summed E-state index contributed by atoms with van der Waals surface area (Å²) >= 11 is 0. The Balaban J connectivity index is 1.93. The topological polar surface area (TPSA) is 67.3 Å². The maximum atomic E-state index is 9.18. The molecular weight excluding hydrogens is 254 g/mol. The zero-order valence-corrected chi connectivity index (χ0v) is 11.7. The molecule has 0 aliphatic heterocycles. The molecule has 0 aliphatic carbocycles. The van der Waals surface area contributed by atoms with Crippen LogP contribution in [0.4, 0.5) is 0 Å². The summed E-state index contributed by atoms with van der Waals surface area (Å²) in [6.07, 6.45) is 4.76. The number of hydrogen-bond acceptors (Lipinski definition) is 5. The van der Waals surface area contributed by atoms with Crippen molar-refractivity contribution in [3.8, 4) is 11.6 Å². The summed E-state index contributed by atoms with van der Waals surface area (Å²) in [5.74, 6) is 1.19. The van der Waals surface area contributed by atoms with Gasteiger partial charge in [0, 0.05) is 24.5 Å². The van der Waals surface area contributed by atoms with Crippen molar-refractivity contribution < 1.29 is 9.84 Å². The van der Waals surface area contributed by atoms with Gasteiger partial charge in [-0.25, -0.2) is 4.98 Å². The fourth-order valence-corrected chi connectivity index (χ4v) is 1.53. The quantitative estimate of drug-likeness (QED) is 0.844. The van der Waals surface area contributed by atoms with Gasteiger partial charge in [0.05, 0.1) is 12.8 Å². The van der Waals surface area contributed by atoms with Gasteiger partial charge in [0.2, 0.25) is 5.88 Å². The highest BCUT2D eigenvalue weighted by atomic mass is 16.5. The monoisotopic (exact) mass is 273 g/mol. The molecule has 0 radical (unpaired) electrons. The van der Waals surface area contributed by atoms with E-state index in [0.29, 0.717) is 12.4 Å². The van der Waals surface area contributed by atoms with Crippen LogP contribution in [-0.4, -0.2) is 27.2 Å². The summed E-state index contributed by atoms with van der Waals surface area (Å²) in [5.41, 5.74) is 0.840. The Morgan fingerprint density at radius 2 is 1.95 bits per heavy atom. The van der Waals surface area contributed by atoms with Gasteiger partial charge in [0.1, 0.15) is 5.75 Å². The van der Waals surface area contributed by atoms with E-state index in [1.165, 1.54) is 0 Å². The molecule has 1 aromatic carbocycles. The van der Waals surface area contributed by atoms with Crippen molar-refractivity contribution in [1.29, 1.82) is 0 Å². The normalized spacial score (nSPS) is 11.3. The van der Waals surface area contributed by atoms with Gasteiger partial charge in [-0.3, -0.25) is 4.98 Å². The molecule has 1 heterocycles. The molecule has 0 bridgehead atoms. The summed E-state index contributed by atoms with van der Waals surface area (Å²) < 4.78 is 5.57. The van der Waals surface area contributed by atoms with Crippen molar-refractivity contribution >= 4 is 0 Å². The van der Waals surface area contributed by atoms with E-state index in [1.807, 2.05) is 38.1 Å². The van der Waals surface area contributed by atoms with E-state index < -0.39 is 0 Å². The van der Waals surface area contributed by atoms with Crippen LogP contribution in [0.15, 0.2) is 42.9 Å². The van der Waals surface area contributed by atoms with Crippen molar-refractivity contribution in [3.63, 3.8) is 0 Å². The molecule has 0 saturated carbocycles. The number of aliphatic hydroxyl groups excluding tert-OH is 1. The summed E-state index contributed by atoms with van der Waals surface area (Å²) in [6.45, 7) is 4.71. The lowest BCUT2D eigenvalue weighted by Gasteiger charge is -2.23. The first-order valence-corrected chi connectivity index (χ1v) is 6.48. The molecule has 106 valence electrons. The first-order chi connectivity index (χ1) is 9.59. The highest BCUT2D eigenvalue weighted by Crippen LogP contribution is 2.18. The van der Waals surface area contributed by atoms with E-state index in [0.717, 1.165) is 11.3 Å².